The van der Waals surface area contributed by atoms with Crippen molar-refractivity contribution in [3.8, 4) is 0 Å². The number of β-lactam (4-membered cyclic amide) rings is 1. The summed E-state index contributed by atoms with van der Waals surface area (Å²) in [4.78, 5) is 37.3. The first-order valence-corrected chi connectivity index (χ1v) is 8.29. The summed E-state index contributed by atoms with van der Waals surface area (Å²) in [5.74, 6) is -0.988. The van der Waals surface area contributed by atoms with Gasteiger partial charge in [0.05, 0.1) is 0 Å². The maximum absolute atomic E-state index is 12.3. The molecule has 2 heterocycles. The molecule has 0 aromatic heterocycles. The van der Waals surface area contributed by atoms with Gasteiger partial charge in [-0.1, -0.05) is 6.92 Å². The lowest BCUT2D eigenvalue weighted by atomic mass is 9.97. The van der Waals surface area contributed by atoms with Gasteiger partial charge >= 0.3 is 5.97 Å². The molecule has 0 N–H and O–H groups in total. The number of methoxy groups -OCH3 is 1. The van der Waals surface area contributed by atoms with Gasteiger partial charge in [-0.05, 0) is 29.8 Å². The van der Waals surface area contributed by atoms with Crippen molar-refractivity contribution in [3.05, 3.63) is 0 Å². The van der Waals surface area contributed by atoms with Crippen LogP contribution in [0.5, 0.6) is 0 Å². The number of ether oxygens (including phenoxy) is 2. The Morgan fingerprint density at radius 2 is 2.05 bits per heavy atom. The van der Waals surface area contributed by atoms with Crippen LogP contribution in [0.4, 0.5) is 0 Å². The maximum atomic E-state index is 12.3. The Morgan fingerprint density at radius 1 is 1.43 bits per heavy atom. The molecular weight excluding hydrogens is 362 g/mol. The quantitative estimate of drug-likeness (QED) is 0.407. The SMILES string of the molecule is CCC(=O)COC(=O)[C@@H]1N2C(=O)C(Br)(OC)[C@H]2SC1(C)C. The Hall–Kier alpha value is -0.600. The van der Waals surface area contributed by atoms with E-state index in [0.717, 1.165) is 0 Å². The predicted octanol–water partition coefficient (Wildman–Crippen LogP) is 1.31. The molecule has 6 nitrogen and oxygen atoms in total. The molecule has 2 aliphatic rings. The minimum absolute atomic E-state index is 0.148. The van der Waals surface area contributed by atoms with Crippen molar-refractivity contribution in [2.24, 2.45) is 0 Å². The molecule has 8 heteroatoms. The van der Waals surface area contributed by atoms with Gasteiger partial charge in [-0.15, -0.1) is 11.8 Å². The number of hydrogen-bond donors (Lipinski definition) is 0. The van der Waals surface area contributed by atoms with Crippen molar-refractivity contribution in [2.75, 3.05) is 13.7 Å². The molecule has 0 aliphatic carbocycles. The van der Waals surface area contributed by atoms with Crippen molar-refractivity contribution in [1.29, 1.82) is 0 Å². The summed E-state index contributed by atoms with van der Waals surface area (Å²) in [5, 5.41) is -0.288. The van der Waals surface area contributed by atoms with Crippen LogP contribution in [0, 0.1) is 0 Å². The number of halogens is 1. The van der Waals surface area contributed by atoms with Crippen LogP contribution < -0.4 is 0 Å². The Morgan fingerprint density at radius 3 is 2.57 bits per heavy atom. The highest BCUT2D eigenvalue weighted by Crippen LogP contribution is 2.58. The molecule has 0 spiro atoms. The number of amides is 1. The van der Waals surface area contributed by atoms with Gasteiger partial charge in [-0.2, -0.15) is 0 Å². The molecule has 1 unspecified atom stereocenters. The molecule has 0 bridgehead atoms. The van der Waals surface area contributed by atoms with Crippen molar-refractivity contribution in [2.45, 2.75) is 47.9 Å². The smallest absolute Gasteiger partial charge is 0.330 e. The Bertz CT molecular complexity index is 497. The maximum Gasteiger partial charge on any atom is 0.330 e. The monoisotopic (exact) mass is 379 g/mol. The van der Waals surface area contributed by atoms with E-state index in [1.165, 1.54) is 23.8 Å². The van der Waals surface area contributed by atoms with Gasteiger partial charge in [-0.25, -0.2) is 4.79 Å². The van der Waals surface area contributed by atoms with Gasteiger partial charge in [0.25, 0.3) is 5.91 Å². The number of hydrogen-bond acceptors (Lipinski definition) is 6. The molecule has 3 atom stereocenters. The van der Waals surface area contributed by atoms with Crippen LogP contribution in [0.3, 0.4) is 0 Å². The molecule has 2 aliphatic heterocycles. The lowest BCUT2D eigenvalue weighted by molar-refractivity contribution is -0.178. The minimum Gasteiger partial charge on any atom is -0.456 e. The van der Waals surface area contributed by atoms with E-state index in [1.807, 2.05) is 13.8 Å². The zero-order valence-corrected chi connectivity index (χ0v) is 14.7. The first kappa shape index (κ1) is 16.8. The van der Waals surface area contributed by atoms with Gasteiger partial charge in [0, 0.05) is 18.3 Å². The number of ketones is 1. The highest BCUT2D eigenvalue weighted by molar-refractivity contribution is 9.10. The van der Waals surface area contributed by atoms with E-state index < -0.39 is 21.3 Å². The first-order chi connectivity index (χ1) is 9.69. The van der Waals surface area contributed by atoms with E-state index >= 15 is 0 Å². The molecule has 21 heavy (non-hydrogen) atoms. The number of alkyl halides is 1. The normalized spacial score (nSPS) is 33.4. The van der Waals surface area contributed by atoms with Crippen molar-refractivity contribution >= 4 is 45.4 Å². The van der Waals surface area contributed by atoms with E-state index in [1.54, 1.807) is 6.92 Å². The Kier molecular flexibility index (Phi) is 4.43. The second-order valence-electron chi connectivity index (χ2n) is 5.54. The molecule has 0 aromatic rings. The van der Waals surface area contributed by atoms with E-state index in [9.17, 15) is 14.4 Å². The van der Waals surface area contributed by atoms with E-state index in [-0.39, 0.29) is 23.7 Å². The van der Waals surface area contributed by atoms with Gasteiger partial charge in [-0.3, -0.25) is 9.59 Å². The van der Waals surface area contributed by atoms with Crippen LogP contribution in [-0.2, 0) is 23.9 Å². The van der Waals surface area contributed by atoms with Crippen LogP contribution in [-0.4, -0.2) is 56.9 Å². The minimum atomic E-state index is -1.08. The second-order valence-corrected chi connectivity index (χ2v) is 8.45. The zero-order chi connectivity index (χ0) is 16.0. The molecule has 0 saturated carbocycles. The van der Waals surface area contributed by atoms with E-state index in [4.69, 9.17) is 9.47 Å². The summed E-state index contributed by atoms with van der Waals surface area (Å²) in [6.45, 7) is 5.21. The second kappa shape index (κ2) is 5.55. The molecule has 0 aromatic carbocycles. The summed E-state index contributed by atoms with van der Waals surface area (Å²) in [6.07, 6.45) is 0.315. The van der Waals surface area contributed by atoms with Gasteiger partial charge in [0.15, 0.2) is 5.78 Å². The van der Waals surface area contributed by atoms with Gasteiger partial charge in [0.1, 0.15) is 18.0 Å². The third kappa shape index (κ3) is 2.51. The van der Waals surface area contributed by atoms with Crippen molar-refractivity contribution < 1.29 is 23.9 Å². The van der Waals surface area contributed by atoms with Crippen LogP contribution in [0.2, 0.25) is 0 Å². The highest BCUT2D eigenvalue weighted by atomic mass is 79.9. The Labute approximate surface area is 136 Å². The number of Topliss-reactive ketones (excluding diaryl/α,β-unsaturated/α-hetero) is 1. The summed E-state index contributed by atoms with van der Waals surface area (Å²) in [6, 6.07) is -0.717. The average molecular weight is 380 g/mol. The lowest BCUT2D eigenvalue weighted by Gasteiger charge is -2.48. The fraction of sp³-hybridized carbons (Fsp3) is 0.769. The predicted molar refractivity (Wildman–Crippen MR) is 81.0 cm³/mol. The number of esters is 1. The largest absolute Gasteiger partial charge is 0.456 e. The molecule has 2 saturated heterocycles. The standard InChI is InChI=1S/C13H18BrNO5S/c1-5-7(16)6-20-9(17)8-12(2,3)21-11-13(14,19-4)10(18)15(8)11/h8,11H,5-6H2,1-4H3/t8-,11+,13?/m0/s1. The van der Waals surface area contributed by atoms with Crippen molar-refractivity contribution in [1.82, 2.24) is 4.90 Å². The van der Waals surface area contributed by atoms with Gasteiger partial charge in [0.2, 0.25) is 4.51 Å². The number of fused-ring (bicyclic) bond motifs is 1. The van der Waals surface area contributed by atoms with E-state index in [0.29, 0.717) is 6.42 Å². The van der Waals surface area contributed by atoms with Crippen LogP contribution in [0.15, 0.2) is 0 Å². The molecule has 0 radical (unpaired) electrons. The summed E-state index contributed by atoms with van der Waals surface area (Å²) in [5.41, 5.74) is 0. The first-order valence-electron chi connectivity index (χ1n) is 6.62. The third-order valence-electron chi connectivity index (χ3n) is 3.74. The number of carbonyl (C=O) groups excluding carboxylic acids is 3. The molecule has 1 amide bonds. The van der Waals surface area contributed by atoms with Crippen LogP contribution in [0.1, 0.15) is 27.2 Å². The third-order valence-corrected chi connectivity index (χ3v) is 6.75. The fourth-order valence-electron chi connectivity index (χ4n) is 2.49. The molecule has 118 valence electrons. The Balaban J connectivity index is 2.15. The summed E-state index contributed by atoms with van der Waals surface area (Å²) in [7, 11) is 1.45. The number of thioether (sulfide) groups is 1. The summed E-state index contributed by atoms with van der Waals surface area (Å²) >= 11 is 4.78. The van der Waals surface area contributed by atoms with Crippen LogP contribution in [0.25, 0.3) is 0 Å². The van der Waals surface area contributed by atoms with Gasteiger partial charge < -0.3 is 14.4 Å². The van der Waals surface area contributed by atoms with E-state index in [2.05, 4.69) is 15.9 Å². The zero-order valence-electron chi connectivity index (χ0n) is 12.3. The highest BCUT2D eigenvalue weighted by Gasteiger charge is 2.71. The van der Waals surface area contributed by atoms with Crippen LogP contribution >= 0.6 is 27.7 Å². The van der Waals surface area contributed by atoms with Crippen molar-refractivity contribution in [3.63, 3.8) is 0 Å². The molecular formula is C13H18BrNO5S. The summed E-state index contributed by atoms with van der Waals surface area (Å²) < 4.78 is 8.71. The molecule has 2 fully saturated rings. The topological polar surface area (TPSA) is 72.9 Å². The lowest BCUT2D eigenvalue weighted by Crippen LogP contribution is -2.71. The molecule has 2 rings (SSSR count). The fourth-order valence-corrected chi connectivity index (χ4v) is 4.79. The number of rotatable bonds is 5. The average Bonchev–Trinajstić information content (AvgIpc) is 2.72. The number of nitrogens with zero attached hydrogens (tertiary/aromatic N) is 1. The number of carbonyl (C=O) groups is 3.